The number of carbonyl (C=O) groups excluding carboxylic acids is 2. The summed E-state index contributed by atoms with van der Waals surface area (Å²) in [6.45, 7) is 3.92. The summed E-state index contributed by atoms with van der Waals surface area (Å²) in [7, 11) is 1.49. The van der Waals surface area contributed by atoms with Gasteiger partial charge in [0.15, 0.2) is 0 Å². The molecule has 4 rings (SSSR count). The SMILES string of the molecule is COc1c(C)cc(C)cc1/C(O)=C1\C(=O)C(=O)N(CCc2ccc(F)cc2)C1c1ccc(Cl)cc1. The van der Waals surface area contributed by atoms with Gasteiger partial charge in [-0.15, -0.1) is 0 Å². The quantitative estimate of drug-likeness (QED) is 0.269. The van der Waals surface area contributed by atoms with Gasteiger partial charge in [0, 0.05) is 11.6 Å². The molecule has 3 aromatic carbocycles. The molecular weight excluding hydrogens is 469 g/mol. The monoisotopic (exact) mass is 493 g/mol. The summed E-state index contributed by atoms with van der Waals surface area (Å²) in [6, 6.07) is 15.6. The number of hydrogen-bond acceptors (Lipinski definition) is 4. The zero-order valence-corrected chi connectivity index (χ0v) is 20.4. The molecule has 5 nitrogen and oxygen atoms in total. The molecule has 1 unspecified atom stereocenters. The first-order valence-electron chi connectivity index (χ1n) is 11.1. The van der Waals surface area contributed by atoms with Crippen LogP contribution in [0, 0.1) is 19.7 Å². The second-order valence-corrected chi connectivity index (χ2v) is 9.02. The number of carbonyl (C=O) groups is 2. The zero-order chi connectivity index (χ0) is 25.3. The lowest BCUT2D eigenvalue weighted by Crippen LogP contribution is -2.31. The van der Waals surface area contributed by atoms with E-state index in [9.17, 15) is 19.1 Å². The first-order chi connectivity index (χ1) is 16.7. The maximum Gasteiger partial charge on any atom is 0.295 e. The lowest BCUT2D eigenvalue weighted by molar-refractivity contribution is -0.139. The Hall–Kier alpha value is -3.64. The minimum atomic E-state index is -0.821. The molecule has 1 amide bonds. The number of likely N-dealkylation sites (tertiary alicyclic amines) is 1. The Balaban J connectivity index is 1.84. The third-order valence-electron chi connectivity index (χ3n) is 6.16. The Morgan fingerprint density at radius 1 is 1.06 bits per heavy atom. The van der Waals surface area contributed by atoms with Gasteiger partial charge in [-0.25, -0.2) is 4.39 Å². The molecule has 0 saturated carbocycles. The number of ether oxygens (including phenoxy) is 1. The van der Waals surface area contributed by atoms with Crippen molar-refractivity contribution in [2.75, 3.05) is 13.7 Å². The van der Waals surface area contributed by atoms with E-state index in [0.29, 0.717) is 28.3 Å². The highest BCUT2D eigenvalue weighted by molar-refractivity contribution is 6.46. The van der Waals surface area contributed by atoms with Crippen LogP contribution in [0.25, 0.3) is 5.76 Å². The molecule has 0 radical (unpaired) electrons. The van der Waals surface area contributed by atoms with E-state index in [2.05, 4.69) is 0 Å². The second kappa shape index (κ2) is 9.92. The van der Waals surface area contributed by atoms with E-state index < -0.39 is 17.7 Å². The first-order valence-corrected chi connectivity index (χ1v) is 11.5. The maximum atomic E-state index is 13.3. The van der Waals surface area contributed by atoms with Crippen molar-refractivity contribution in [3.8, 4) is 5.75 Å². The summed E-state index contributed by atoms with van der Waals surface area (Å²) in [5, 5.41) is 11.9. The van der Waals surface area contributed by atoms with Gasteiger partial charge in [-0.3, -0.25) is 9.59 Å². The van der Waals surface area contributed by atoms with Crippen molar-refractivity contribution in [1.82, 2.24) is 4.90 Å². The average molecular weight is 494 g/mol. The van der Waals surface area contributed by atoms with Crippen LogP contribution in [0.5, 0.6) is 5.75 Å². The van der Waals surface area contributed by atoms with E-state index in [-0.39, 0.29) is 23.7 Å². The van der Waals surface area contributed by atoms with Crippen molar-refractivity contribution in [3.05, 3.63) is 105 Å². The Morgan fingerprint density at radius 3 is 2.34 bits per heavy atom. The van der Waals surface area contributed by atoms with Crippen molar-refractivity contribution < 1.29 is 23.8 Å². The molecule has 1 aliphatic heterocycles. The van der Waals surface area contributed by atoms with Gasteiger partial charge in [0.25, 0.3) is 11.7 Å². The summed E-state index contributed by atoms with van der Waals surface area (Å²) in [5.74, 6) is -1.70. The summed E-state index contributed by atoms with van der Waals surface area (Å²) >= 11 is 6.08. The zero-order valence-electron chi connectivity index (χ0n) is 19.6. The fourth-order valence-electron chi connectivity index (χ4n) is 4.55. The molecule has 180 valence electrons. The predicted molar refractivity (Wildman–Crippen MR) is 133 cm³/mol. The fraction of sp³-hybridized carbons (Fsp3) is 0.214. The molecule has 1 atom stereocenters. The van der Waals surface area contributed by atoms with Crippen LogP contribution in [-0.2, 0) is 16.0 Å². The van der Waals surface area contributed by atoms with Gasteiger partial charge in [-0.2, -0.15) is 0 Å². The molecule has 1 heterocycles. The maximum absolute atomic E-state index is 13.3. The summed E-state index contributed by atoms with van der Waals surface area (Å²) in [4.78, 5) is 27.9. The molecule has 0 aromatic heterocycles. The van der Waals surface area contributed by atoms with Crippen LogP contribution in [0.15, 0.2) is 66.2 Å². The van der Waals surface area contributed by atoms with Crippen molar-refractivity contribution in [1.29, 1.82) is 0 Å². The van der Waals surface area contributed by atoms with Crippen LogP contribution in [0.3, 0.4) is 0 Å². The summed E-state index contributed by atoms with van der Waals surface area (Å²) in [6.07, 6.45) is 0.407. The van der Waals surface area contributed by atoms with Gasteiger partial charge in [0.05, 0.1) is 24.3 Å². The Labute approximate surface area is 208 Å². The highest BCUT2D eigenvalue weighted by Gasteiger charge is 2.46. The highest BCUT2D eigenvalue weighted by atomic mass is 35.5. The molecule has 35 heavy (non-hydrogen) atoms. The third kappa shape index (κ3) is 4.80. The summed E-state index contributed by atoms with van der Waals surface area (Å²) < 4.78 is 18.8. The first kappa shape index (κ1) is 24.5. The van der Waals surface area contributed by atoms with Crippen LogP contribution in [0.1, 0.15) is 33.9 Å². The Morgan fingerprint density at radius 2 is 1.71 bits per heavy atom. The number of benzene rings is 3. The number of aryl methyl sites for hydroxylation is 2. The smallest absolute Gasteiger partial charge is 0.295 e. The van der Waals surface area contributed by atoms with Gasteiger partial charge < -0.3 is 14.7 Å². The standard InChI is InChI=1S/C28H25ClFNO4/c1-16-14-17(2)27(35-3)22(15-16)25(32)23-24(19-6-8-20(29)9-7-19)31(28(34)26(23)33)13-12-18-4-10-21(30)11-5-18/h4-11,14-15,24,32H,12-13H2,1-3H3/b25-23+. The van der Waals surface area contributed by atoms with E-state index in [1.807, 2.05) is 19.9 Å². The van der Waals surface area contributed by atoms with Gasteiger partial charge in [-0.05, 0) is 72.9 Å². The molecule has 7 heteroatoms. The summed E-state index contributed by atoms with van der Waals surface area (Å²) in [5.41, 5.74) is 3.46. The number of hydrogen-bond donors (Lipinski definition) is 1. The predicted octanol–water partition coefficient (Wildman–Crippen LogP) is 5.77. The second-order valence-electron chi connectivity index (χ2n) is 8.58. The molecule has 3 aromatic rings. The van der Waals surface area contributed by atoms with Crippen LogP contribution in [0.2, 0.25) is 5.02 Å². The van der Waals surface area contributed by atoms with E-state index in [1.165, 1.54) is 24.1 Å². The number of aliphatic hydroxyl groups is 1. The van der Waals surface area contributed by atoms with Gasteiger partial charge in [0.1, 0.15) is 17.3 Å². The van der Waals surface area contributed by atoms with E-state index in [0.717, 1.165) is 16.7 Å². The fourth-order valence-corrected chi connectivity index (χ4v) is 4.68. The number of Topliss-reactive ketones (excluding diaryl/α,β-unsaturated/α-hetero) is 1. The molecule has 1 N–H and O–H groups in total. The lowest BCUT2D eigenvalue weighted by Gasteiger charge is -2.25. The lowest BCUT2D eigenvalue weighted by atomic mass is 9.93. The Bertz CT molecular complexity index is 1320. The van der Waals surface area contributed by atoms with Crippen molar-refractivity contribution in [3.63, 3.8) is 0 Å². The Kier molecular flexibility index (Phi) is 6.94. The number of ketones is 1. The van der Waals surface area contributed by atoms with Gasteiger partial charge in [-0.1, -0.05) is 41.9 Å². The molecule has 0 bridgehead atoms. The molecule has 1 aliphatic rings. The van der Waals surface area contributed by atoms with Crippen LogP contribution < -0.4 is 4.74 Å². The van der Waals surface area contributed by atoms with Crippen LogP contribution in [0.4, 0.5) is 4.39 Å². The van der Waals surface area contributed by atoms with Crippen molar-refractivity contribution in [2.24, 2.45) is 0 Å². The number of halogens is 2. The third-order valence-corrected chi connectivity index (χ3v) is 6.41. The largest absolute Gasteiger partial charge is 0.507 e. The molecule has 0 aliphatic carbocycles. The number of methoxy groups -OCH3 is 1. The minimum Gasteiger partial charge on any atom is -0.507 e. The van der Waals surface area contributed by atoms with Crippen LogP contribution >= 0.6 is 11.6 Å². The van der Waals surface area contributed by atoms with Crippen molar-refractivity contribution in [2.45, 2.75) is 26.3 Å². The molecule has 0 spiro atoms. The topological polar surface area (TPSA) is 66.8 Å². The van der Waals surface area contributed by atoms with Gasteiger partial charge in [0.2, 0.25) is 0 Å². The normalized spacial score (nSPS) is 17.2. The van der Waals surface area contributed by atoms with Gasteiger partial charge >= 0.3 is 0 Å². The number of rotatable bonds is 6. The minimum absolute atomic E-state index is 0.0141. The molecular formula is C28H25ClFNO4. The van der Waals surface area contributed by atoms with E-state index >= 15 is 0 Å². The average Bonchev–Trinajstić information content (AvgIpc) is 3.08. The van der Waals surface area contributed by atoms with Crippen molar-refractivity contribution >= 4 is 29.1 Å². The molecule has 1 saturated heterocycles. The van der Waals surface area contributed by atoms with E-state index in [4.69, 9.17) is 16.3 Å². The van der Waals surface area contributed by atoms with Crippen LogP contribution in [-0.4, -0.2) is 35.4 Å². The molecule has 1 fully saturated rings. The number of amides is 1. The number of nitrogens with zero attached hydrogens (tertiary/aromatic N) is 1. The van der Waals surface area contributed by atoms with E-state index in [1.54, 1.807) is 42.5 Å². The highest BCUT2D eigenvalue weighted by Crippen LogP contribution is 2.42. The number of aliphatic hydroxyl groups excluding tert-OH is 1.